The number of aromatic nitrogens is 2. The molecule has 154 valence electrons. The summed E-state index contributed by atoms with van der Waals surface area (Å²) in [7, 11) is 0. The van der Waals surface area contributed by atoms with Gasteiger partial charge < -0.3 is 10.5 Å². The Kier molecular flexibility index (Phi) is 5.86. The summed E-state index contributed by atoms with van der Waals surface area (Å²) >= 11 is 0. The highest BCUT2D eigenvalue weighted by Gasteiger charge is 2.33. The molecule has 1 saturated carbocycles. The minimum absolute atomic E-state index is 0.0429. The van der Waals surface area contributed by atoms with Crippen molar-refractivity contribution in [3.63, 3.8) is 0 Å². The van der Waals surface area contributed by atoms with E-state index < -0.39 is 35.7 Å². The van der Waals surface area contributed by atoms with E-state index in [1.54, 1.807) is 20.8 Å². The molecule has 0 unspecified atom stereocenters. The van der Waals surface area contributed by atoms with Crippen LogP contribution in [0.2, 0.25) is 0 Å². The average Bonchev–Trinajstić information content (AvgIpc) is 3.34. The minimum Gasteiger partial charge on any atom is -0.443 e. The van der Waals surface area contributed by atoms with Crippen molar-refractivity contribution in [2.24, 2.45) is 22.1 Å². The van der Waals surface area contributed by atoms with Crippen molar-refractivity contribution in [2.75, 3.05) is 0 Å². The summed E-state index contributed by atoms with van der Waals surface area (Å²) in [5.74, 6) is -1.97. The number of carbonyl (C=O) groups is 1. The summed E-state index contributed by atoms with van der Waals surface area (Å²) in [5.41, 5.74) is 2.76. The highest BCUT2D eigenvalue weighted by Crippen LogP contribution is 2.36. The third-order valence-electron chi connectivity index (χ3n) is 3.78. The number of esters is 1. The predicted octanol–water partition coefficient (Wildman–Crippen LogP) is 2.50. The normalized spacial score (nSPS) is 16.2. The van der Waals surface area contributed by atoms with Crippen LogP contribution in [0.15, 0.2) is 38.4 Å². The van der Waals surface area contributed by atoms with Crippen molar-refractivity contribution in [2.45, 2.75) is 46.5 Å². The first kappa shape index (κ1) is 21.5. The van der Waals surface area contributed by atoms with Gasteiger partial charge in [-0.2, -0.15) is 13.2 Å². The lowest BCUT2D eigenvalue weighted by molar-refractivity contribution is -0.157. The van der Waals surface area contributed by atoms with E-state index in [0.29, 0.717) is 11.8 Å². The number of halogens is 3. The maximum atomic E-state index is 12.9. The van der Waals surface area contributed by atoms with Crippen molar-refractivity contribution in [1.82, 2.24) is 9.72 Å². The molecule has 1 fully saturated rings. The first-order chi connectivity index (χ1) is 12.8. The predicted molar refractivity (Wildman–Crippen MR) is 93.0 cm³/mol. The molecule has 0 aliphatic heterocycles. The fraction of sp³-hybridized carbons (Fsp3) is 0.529. The van der Waals surface area contributed by atoms with E-state index >= 15 is 0 Å². The van der Waals surface area contributed by atoms with Gasteiger partial charge in [-0.15, -0.1) is 0 Å². The standard InChI is InChI=1S/C17H21F3N4O4/c1-9(10-5-6-10)22-11(7-12(21)17(18,19)20)13-23-28-15(26)24(13)8-27-14(25)16(2,3)4/h7,10H,1,5-6,8,21H2,2-4H3/b12-7-,22-11+. The van der Waals surface area contributed by atoms with E-state index in [4.69, 9.17) is 10.5 Å². The lowest BCUT2D eigenvalue weighted by atomic mass is 9.98. The van der Waals surface area contributed by atoms with Gasteiger partial charge in [0, 0.05) is 11.6 Å². The number of hydrogen-bond acceptors (Lipinski definition) is 7. The molecule has 0 saturated heterocycles. The van der Waals surface area contributed by atoms with E-state index in [9.17, 15) is 22.8 Å². The van der Waals surface area contributed by atoms with Crippen LogP contribution in [-0.4, -0.2) is 27.6 Å². The number of carbonyl (C=O) groups excluding carboxylic acids is 1. The second-order valence-electron chi connectivity index (χ2n) is 7.37. The smallest absolute Gasteiger partial charge is 0.443 e. The molecule has 8 nitrogen and oxygen atoms in total. The second kappa shape index (κ2) is 7.64. The SMILES string of the molecule is C=C(/N=C(\C=C(/N)C(F)(F)F)c1noc(=O)n1COC(=O)C(C)(C)C)C1CC1. The average molecular weight is 402 g/mol. The summed E-state index contributed by atoms with van der Waals surface area (Å²) in [6.45, 7) is 7.93. The second-order valence-corrected chi connectivity index (χ2v) is 7.37. The molecule has 0 amide bonds. The van der Waals surface area contributed by atoms with E-state index in [-0.39, 0.29) is 17.5 Å². The van der Waals surface area contributed by atoms with E-state index in [2.05, 4.69) is 21.3 Å². The molecular formula is C17H21F3N4O4. The summed E-state index contributed by atoms with van der Waals surface area (Å²) in [4.78, 5) is 27.9. The minimum atomic E-state index is -4.81. The Morgan fingerprint density at radius 1 is 1.43 bits per heavy atom. The number of allylic oxidation sites excluding steroid dienone is 3. The number of hydrogen-bond donors (Lipinski definition) is 1. The molecule has 0 spiro atoms. The van der Waals surface area contributed by atoms with Crippen LogP contribution in [-0.2, 0) is 16.3 Å². The Hall–Kier alpha value is -2.85. The maximum absolute atomic E-state index is 12.9. The quantitative estimate of drug-likeness (QED) is 0.578. The molecule has 0 aromatic carbocycles. The number of nitrogens with zero attached hydrogens (tertiary/aromatic N) is 3. The Bertz CT molecular complexity index is 883. The molecular weight excluding hydrogens is 381 g/mol. The highest BCUT2D eigenvalue weighted by atomic mass is 19.4. The Labute approximate surface area is 158 Å². The third kappa shape index (κ3) is 5.33. The van der Waals surface area contributed by atoms with E-state index in [0.717, 1.165) is 17.4 Å². The lowest BCUT2D eigenvalue weighted by Gasteiger charge is -2.16. The zero-order valence-corrected chi connectivity index (χ0v) is 15.7. The highest BCUT2D eigenvalue weighted by molar-refractivity contribution is 6.07. The lowest BCUT2D eigenvalue weighted by Crippen LogP contribution is -2.28. The zero-order chi connectivity index (χ0) is 21.3. The molecule has 2 N–H and O–H groups in total. The van der Waals surface area contributed by atoms with Gasteiger partial charge in [-0.25, -0.2) is 14.4 Å². The first-order valence-electron chi connectivity index (χ1n) is 8.36. The van der Waals surface area contributed by atoms with E-state index in [1.807, 2.05) is 0 Å². The maximum Gasteiger partial charge on any atom is 0.444 e. The van der Waals surface area contributed by atoms with Crippen molar-refractivity contribution >= 4 is 11.7 Å². The number of rotatable bonds is 6. The summed E-state index contributed by atoms with van der Waals surface area (Å²) in [6, 6.07) is 0. The fourth-order valence-electron chi connectivity index (χ4n) is 1.94. The van der Waals surface area contributed by atoms with Gasteiger partial charge in [-0.05, 0) is 39.7 Å². The van der Waals surface area contributed by atoms with Crippen molar-refractivity contribution in [3.8, 4) is 0 Å². The van der Waals surface area contributed by atoms with Gasteiger partial charge in [0.2, 0.25) is 5.82 Å². The van der Waals surface area contributed by atoms with Crippen LogP contribution in [0.5, 0.6) is 0 Å². The van der Waals surface area contributed by atoms with Crippen LogP contribution in [0.4, 0.5) is 13.2 Å². The molecule has 1 aliphatic rings. The van der Waals surface area contributed by atoms with Gasteiger partial charge in [-0.3, -0.25) is 9.32 Å². The Balaban J connectivity index is 2.42. The van der Waals surface area contributed by atoms with Crippen LogP contribution in [0.25, 0.3) is 0 Å². The molecule has 1 aromatic rings. The largest absolute Gasteiger partial charge is 0.444 e. The van der Waals surface area contributed by atoms with Gasteiger partial charge in [0.15, 0.2) is 6.73 Å². The van der Waals surface area contributed by atoms with Gasteiger partial charge in [0.05, 0.1) is 5.41 Å². The molecule has 1 heterocycles. The molecule has 11 heteroatoms. The third-order valence-corrected chi connectivity index (χ3v) is 3.78. The summed E-state index contributed by atoms with van der Waals surface area (Å²) in [6.07, 6.45) is -2.66. The topological polar surface area (TPSA) is 113 Å². The molecule has 1 aromatic heterocycles. The van der Waals surface area contributed by atoms with Gasteiger partial charge in [0.1, 0.15) is 11.4 Å². The fourth-order valence-corrected chi connectivity index (χ4v) is 1.94. The molecule has 2 rings (SSSR count). The monoisotopic (exact) mass is 402 g/mol. The number of ether oxygens (including phenoxy) is 1. The number of alkyl halides is 3. The van der Waals surface area contributed by atoms with Crippen molar-refractivity contribution < 1.29 is 27.2 Å². The molecule has 0 atom stereocenters. The molecule has 1 aliphatic carbocycles. The molecule has 0 radical (unpaired) electrons. The van der Waals surface area contributed by atoms with Gasteiger partial charge in [-0.1, -0.05) is 11.7 Å². The summed E-state index contributed by atoms with van der Waals surface area (Å²) < 4.78 is 48.9. The number of nitrogens with two attached hydrogens (primary N) is 1. The van der Waals surface area contributed by atoms with Crippen LogP contribution in [0.1, 0.15) is 39.4 Å². The molecule has 28 heavy (non-hydrogen) atoms. The van der Waals surface area contributed by atoms with Gasteiger partial charge >= 0.3 is 17.9 Å². The number of aliphatic imine (C=N–C) groups is 1. The van der Waals surface area contributed by atoms with Crippen molar-refractivity contribution in [1.29, 1.82) is 0 Å². The van der Waals surface area contributed by atoms with Gasteiger partial charge in [0.25, 0.3) is 0 Å². The summed E-state index contributed by atoms with van der Waals surface area (Å²) in [5, 5.41) is 3.47. The Morgan fingerprint density at radius 2 is 2.04 bits per heavy atom. The van der Waals surface area contributed by atoms with Crippen LogP contribution in [0.3, 0.4) is 0 Å². The molecule has 0 bridgehead atoms. The van der Waals surface area contributed by atoms with Crippen LogP contribution in [0, 0.1) is 11.3 Å². The van der Waals surface area contributed by atoms with Crippen molar-refractivity contribution in [3.05, 3.63) is 40.4 Å². The van der Waals surface area contributed by atoms with Crippen LogP contribution >= 0.6 is 0 Å². The van der Waals surface area contributed by atoms with E-state index in [1.165, 1.54) is 0 Å². The first-order valence-corrected chi connectivity index (χ1v) is 8.36. The van der Waals surface area contributed by atoms with Crippen LogP contribution < -0.4 is 11.5 Å². The zero-order valence-electron chi connectivity index (χ0n) is 15.7. The Morgan fingerprint density at radius 3 is 2.54 bits per heavy atom.